The van der Waals surface area contributed by atoms with E-state index in [0.29, 0.717) is 16.9 Å². The lowest BCUT2D eigenvalue weighted by atomic mass is 10.2. The number of pyridine rings is 1. The molecule has 2 heterocycles. The second-order valence-electron chi connectivity index (χ2n) is 4.87. The summed E-state index contributed by atoms with van der Waals surface area (Å²) in [7, 11) is 0. The van der Waals surface area contributed by atoms with Gasteiger partial charge < -0.3 is 10.2 Å². The third-order valence-electron chi connectivity index (χ3n) is 3.24. The fraction of sp³-hybridized carbons (Fsp3) is 0.0625. The van der Waals surface area contributed by atoms with Gasteiger partial charge in [0.25, 0.3) is 0 Å². The molecule has 22 heavy (non-hydrogen) atoms. The smallest absolute Gasteiger partial charge is 0.354 e. The van der Waals surface area contributed by atoms with Crippen LogP contribution in [-0.2, 0) is 0 Å². The van der Waals surface area contributed by atoms with Crippen LogP contribution in [0.2, 0.25) is 0 Å². The lowest BCUT2D eigenvalue weighted by molar-refractivity contribution is 0.0687. The molecule has 0 saturated heterocycles. The van der Waals surface area contributed by atoms with E-state index in [2.05, 4.69) is 10.1 Å². The molecule has 3 rings (SSSR count). The fourth-order valence-corrected chi connectivity index (χ4v) is 2.18. The number of aromatic nitrogens is 3. The Morgan fingerprint density at radius 2 is 2.05 bits per heavy atom. The Labute approximate surface area is 126 Å². The number of aromatic hydroxyl groups is 1. The number of rotatable bonds is 3. The molecule has 0 radical (unpaired) electrons. The molecule has 0 amide bonds. The minimum atomic E-state index is -1.12. The fourth-order valence-electron chi connectivity index (χ4n) is 2.18. The van der Waals surface area contributed by atoms with Gasteiger partial charge in [0.1, 0.15) is 11.4 Å². The van der Waals surface area contributed by atoms with Gasteiger partial charge in [-0.3, -0.25) is 4.98 Å². The van der Waals surface area contributed by atoms with Crippen molar-refractivity contribution in [2.75, 3.05) is 0 Å². The van der Waals surface area contributed by atoms with Crippen molar-refractivity contribution in [3.05, 3.63) is 60.0 Å². The zero-order valence-electron chi connectivity index (χ0n) is 11.8. The first-order valence-electron chi connectivity index (χ1n) is 6.60. The van der Waals surface area contributed by atoms with E-state index in [1.54, 1.807) is 36.7 Å². The number of aryl methyl sites for hydroxylation is 1. The highest BCUT2D eigenvalue weighted by atomic mass is 16.4. The van der Waals surface area contributed by atoms with Gasteiger partial charge in [0, 0.05) is 18.0 Å². The molecule has 2 aromatic heterocycles. The van der Waals surface area contributed by atoms with Crippen molar-refractivity contribution in [2.45, 2.75) is 6.92 Å². The van der Waals surface area contributed by atoms with E-state index in [4.69, 9.17) is 0 Å². The molecule has 0 unspecified atom stereocenters. The quantitative estimate of drug-likeness (QED) is 0.775. The molecule has 3 aromatic rings. The summed E-state index contributed by atoms with van der Waals surface area (Å²) in [6, 6.07) is 9.94. The largest absolute Gasteiger partial charge is 0.506 e. The van der Waals surface area contributed by atoms with E-state index < -0.39 is 5.97 Å². The Kier molecular flexibility index (Phi) is 3.34. The van der Waals surface area contributed by atoms with Crippen molar-refractivity contribution in [2.24, 2.45) is 0 Å². The number of phenols is 1. The van der Waals surface area contributed by atoms with Gasteiger partial charge >= 0.3 is 5.97 Å². The summed E-state index contributed by atoms with van der Waals surface area (Å²) in [5.74, 6) is -1.16. The molecule has 0 aliphatic rings. The molecule has 6 nitrogen and oxygen atoms in total. The molecule has 0 aliphatic carbocycles. The van der Waals surface area contributed by atoms with Gasteiger partial charge in [-0.05, 0) is 42.8 Å². The second kappa shape index (κ2) is 5.33. The van der Waals surface area contributed by atoms with Crippen LogP contribution in [0.15, 0.2) is 48.8 Å². The average Bonchev–Trinajstić information content (AvgIpc) is 2.96. The standard InChI is InChI=1S/C16H13N3O3/c1-10-4-5-15(20)13(7-10)19-14(16(21)22)8-12(18-19)11-3-2-6-17-9-11/h2-9,20H,1H3,(H,21,22). The summed E-state index contributed by atoms with van der Waals surface area (Å²) in [5.41, 5.74) is 2.37. The topological polar surface area (TPSA) is 88.2 Å². The third-order valence-corrected chi connectivity index (χ3v) is 3.24. The van der Waals surface area contributed by atoms with Gasteiger partial charge in [-0.25, -0.2) is 9.48 Å². The van der Waals surface area contributed by atoms with Crippen molar-refractivity contribution < 1.29 is 15.0 Å². The summed E-state index contributed by atoms with van der Waals surface area (Å²) < 4.78 is 1.23. The highest BCUT2D eigenvalue weighted by Gasteiger charge is 2.18. The monoisotopic (exact) mass is 295 g/mol. The third kappa shape index (κ3) is 2.42. The van der Waals surface area contributed by atoms with E-state index >= 15 is 0 Å². The number of hydrogen-bond donors (Lipinski definition) is 2. The average molecular weight is 295 g/mol. The normalized spacial score (nSPS) is 10.6. The molecule has 0 spiro atoms. The molecule has 1 aromatic carbocycles. The first-order chi connectivity index (χ1) is 10.6. The van der Waals surface area contributed by atoms with Crippen LogP contribution < -0.4 is 0 Å². The second-order valence-corrected chi connectivity index (χ2v) is 4.87. The highest BCUT2D eigenvalue weighted by molar-refractivity contribution is 5.88. The van der Waals surface area contributed by atoms with Crippen molar-refractivity contribution >= 4 is 5.97 Å². The van der Waals surface area contributed by atoms with Gasteiger partial charge in [-0.15, -0.1) is 0 Å². The van der Waals surface area contributed by atoms with Crippen LogP contribution in [0.25, 0.3) is 16.9 Å². The summed E-state index contributed by atoms with van der Waals surface area (Å²) >= 11 is 0. The molecule has 110 valence electrons. The molecule has 0 saturated carbocycles. The van der Waals surface area contributed by atoms with E-state index in [0.717, 1.165) is 5.56 Å². The first-order valence-corrected chi connectivity index (χ1v) is 6.60. The Morgan fingerprint density at radius 3 is 2.73 bits per heavy atom. The Balaban J connectivity index is 2.21. The van der Waals surface area contributed by atoms with Crippen LogP contribution in [0.3, 0.4) is 0 Å². The summed E-state index contributed by atoms with van der Waals surface area (Å²) in [5, 5.41) is 23.7. The molecular weight excluding hydrogens is 282 g/mol. The summed E-state index contributed by atoms with van der Waals surface area (Å²) in [6.07, 6.45) is 3.24. The van der Waals surface area contributed by atoms with Crippen molar-refractivity contribution in [1.29, 1.82) is 0 Å². The van der Waals surface area contributed by atoms with Crippen LogP contribution in [0.5, 0.6) is 5.75 Å². The van der Waals surface area contributed by atoms with Crippen molar-refractivity contribution in [3.63, 3.8) is 0 Å². The summed E-state index contributed by atoms with van der Waals surface area (Å²) in [6.45, 7) is 1.86. The maximum Gasteiger partial charge on any atom is 0.354 e. The molecule has 6 heteroatoms. The Hall–Kier alpha value is -3.15. The van der Waals surface area contributed by atoms with E-state index in [1.165, 1.54) is 16.8 Å². The molecule has 2 N–H and O–H groups in total. The maximum absolute atomic E-state index is 11.5. The van der Waals surface area contributed by atoms with E-state index in [1.807, 2.05) is 6.92 Å². The van der Waals surface area contributed by atoms with E-state index in [-0.39, 0.29) is 11.4 Å². The van der Waals surface area contributed by atoms with Gasteiger partial charge in [-0.1, -0.05) is 6.07 Å². The number of benzene rings is 1. The molecular formula is C16H13N3O3. The predicted molar refractivity (Wildman–Crippen MR) is 80.2 cm³/mol. The number of phenolic OH excluding ortho intramolecular Hbond substituents is 1. The van der Waals surface area contributed by atoms with Crippen molar-refractivity contribution in [3.8, 4) is 22.7 Å². The number of carbonyl (C=O) groups is 1. The molecule has 0 fully saturated rings. The number of carboxylic acids is 1. The van der Waals surface area contributed by atoms with Crippen LogP contribution >= 0.6 is 0 Å². The molecule has 0 atom stereocenters. The number of nitrogens with zero attached hydrogens (tertiary/aromatic N) is 3. The maximum atomic E-state index is 11.5. The van der Waals surface area contributed by atoms with Gasteiger partial charge in [0.2, 0.25) is 0 Å². The van der Waals surface area contributed by atoms with E-state index in [9.17, 15) is 15.0 Å². The number of hydrogen-bond acceptors (Lipinski definition) is 4. The van der Waals surface area contributed by atoms with Gasteiger partial charge in [0.15, 0.2) is 5.69 Å². The first kappa shape index (κ1) is 13.8. The van der Waals surface area contributed by atoms with Crippen molar-refractivity contribution in [1.82, 2.24) is 14.8 Å². The molecule has 0 aliphatic heterocycles. The minimum Gasteiger partial charge on any atom is -0.506 e. The van der Waals surface area contributed by atoms with Crippen LogP contribution in [0.4, 0.5) is 0 Å². The Bertz CT molecular complexity index is 841. The van der Waals surface area contributed by atoms with Crippen LogP contribution in [0, 0.1) is 6.92 Å². The zero-order chi connectivity index (χ0) is 15.7. The molecule has 0 bridgehead atoms. The minimum absolute atomic E-state index is 0.0280. The van der Waals surface area contributed by atoms with Crippen LogP contribution in [-0.4, -0.2) is 30.9 Å². The highest BCUT2D eigenvalue weighted by Crippen LogP contribution is 2.27. The number of carboxylic acid groups (broad SMARTS) is 1. The summed E-state index contributed by atoms with van der Waals surface area (Å²) in [4.78, 5) is 15.5. The zero-order valence-corrected chi connectivity index (χ0v) is 11.8. The Morgan fingerprint density at radius 1 is 1.23 bits per heavy atom. The van der Waals surface area contributed by atoms with Crippen LogP contribution in [0.1, 0.15) is 16.1 Å². The SMILES string of the molecule is Cc1ccc(O)c(-n2nc(-c3cccnc3)cc2C(=O)O)c1. The number of aromatic carboxylic acids is 1. The lowest BCUT2D eigenvalue weighted by Crippen LogP contribution is -2.08. The van der Waals surface area contributed by atoms with Gasteiger partial charge in [0.05, 0.1) is 5.69 Å². The predicted octanol–water partition coefficient (Wildman–Crippen LogP) is 2.65. The lowest BCUT2D eigenvalue weighted by Gasteiger charge is -2.07. The van der Waals surface area contributed by atoms with Gasteiger partial charge in [-0.2, -0.15) is 5.10 Å².